The van der Waals surface area contributed by atoms with Gasteiger partial charge in [0, 0.05) is 20.1 Å². The molecule has 5 rings (SSSR count). The molecule has 1 aliphatic carbocycles. The summed E-state index contributed by atoms with van der Waals surface area (Å²) >= 11 is 0. The Morgan fingerprint density at radius 3 is 2.71 bits per heavy atom. The molecule has 1 aromatic carbocycles. The molecule has 9 nitrogen and oxygen atoms in total. The first kappa shape index (κ1) is 17.2. The molecule has 2 fully saturated rings. The van der Waals surface area contributed by atoms with E-state index in [1.54, 1.807) is 4.68 Å². The van der Waals surface area contributed by atoms with Crippen LogP contribution < -0.4 is 5.32 Å². The summed E-state index contributed by atoms with van der Waals surface area (Å²) in [7, 11) is 1.83. The summed E-state index contributed by atoms with van der Waals surface area (Å²) in [6, 6.07) is 5.50. The Kier molecular flexibility index (Phi) is 3.85. The van der Waals surface area contributed by atoms with E-state index in [4.69, 9.17) is 4.42 Å². The molecular weight excluding hydrogens is 358 g/mol. The van der Waals surface area contributed by atoms with Crippen molar-refractivity contribution in [3.8, 4) is 11.5 Å². The van der Waals surface area contributed by atoms with Gasteiger partial charge in [0.2, 0.25) is 5.91 Å². The number of benzene rings is 1. The van der Waals surface area contributed by atoms with Gasteiger partial charge in [-0.1, -0.05) is 16.4 Å². The SMILES string of the molecule is C[C@H](Nc1nnc(-c2cccc3c2nnn3C)o1)C(=O)N1CCC2(CC1)CC2. The van der Waals surface area contributed by atoms with Crippen molar-refractivity contribution >= 4 is 23.0 Å². The van der Waals surface area contributed by atoms with Crippen LogP contribution in [0, 0.1) is 5.41 Å². The number of hydrogen-bond donors (Lipinski definition) is 1. The predicted octanol–water partition coefficient (Wildman–Crippen LogP) is 2.22. The summed E-state index contributed by atoms with van der Waals surface area (Å²) < 4.78 is 7.45. The van der Waals surface area contributed by atoms with Crippen LogP contribution in [0.15, 0.2) is 22.6 Å². The number of fused-ring (bicyclic) bond motifs is 1. The molecule has 2 aromatic heterocycles. The molecule has 1 amide bonds. The molecule has 0 unspecified atom stereocenters. The Bertz CT molecular complexity index is 1030. The van der Waals surface area contributed by atoms with Crippen molar-refractivity contribution in [3.63, 3.8) is 0 Å². The molecular formula is C19H23N7O2. The summed E-state index contributed by atoms with van der Waals surface area (Å²) in [6.07, 6.45) is 4.90. The number of rotatable bonds is 4. The van der Waals surface area contributed by atoms with Crippen molar-refractivity contribution in [2.75, 3.05) is 18.4 Å². The van der Waals surface area contributed by atoms with Crippen molar-refractivity contribution in [2.24, 2.45) is 12.5 Å². The van der Waals surface area contributed by atoms with Gasteiger partial charge in [0.1, 0.15) is 11.6 Å². The molecule has 1 N–H and O–H groups in total. The van der Waals surface area contributed by atoms with E-state index in [0.717, 1.165) is 37.0 Å². The maximum absolute atomic E-state index is 12.7. The summed E-state index contributed by atoms with van der Waals surface area (Å²) in [5.74, 6) is 0.424. The molecule has 28 heavy (non-hydrogen) atoms. The summed E-state index contributed by atoms with van der Waals surface area (Å²) in [6.45, 7) is 3.51. The van der Waals surface area contributed by atoms with E-state index in [0.29, 0.717) is 16.8 Å². The lowest BCUT2D eigenvalue weighted by molar-refractivity contribution is -0.133. The van der Waals surface area contributed by atoms with Gasteiger partial charge in [0.25, 0.3) is 5.89 Å². The average Bonchev–Trinajstić information content (AvgIpc) is 3.12. The van der Waals surface area contributed by atoms with E-state index in [9.17, 15) is 4.79 Å². The van der Waals surface area contributed by atoms with Crippen LogP contribution >= 0.6 is 0 Å². The fourth-order valence-electron chi connectivity index (χ4n) is 4.02. The number of likely N-dealkylation sites (tertiary alicyclic amines) is 1. The van der Waals surface area contributed by atoms with Crippen LogP contribution in [0.5, 0.6) is 0 Å². The third-order valence-corrected chi connectivity index (χ3v) is 6.10. The van der Waals surface area contributed by atoms with Crippen LogP contribution in [0.3, 0.4) is 0 Å². The second kappa shape index (κ2) is 6.29. The van der Waals surface area contributed by atoms with Crippen molar-refractivity contribution in [3.05, 3.63) is 18.2 Å². The molecule has 1 atom stereocenters. The fraction of sp³-hybridized carbons (Fsp3) is 0.526. The van der Waals surface area contributed by atoms with Gasteiger partial charge in [-0.2, -0.15) is 0 Å². The molecule has 2 aliphatic rings. The average molecular weight is 381 g/mol. The van der Waals surface area contributed by atoms with Gasteiger partial charge < -0.3 is 14.6 Å². The zero-order valence-corrected chi connectivity index (χ0v) is 16.1. The topological polar surface area (TPSA) is 102 Å². The minimum absolute atomic E-state index is 0.0753. The van der Waals surface area contributed by atoms with E-state index in [2.05, 4.69) is 25.8 Å². The molecule has 1 spiro atoms. The maximum Gasteiger partial charge on any atom is 0.316 e. The van der Waals surface area contributed by atoms with Gasteiger partial charge in [-0.15, -0.1) is 10.2 Å². The van der Waals surface area contributed by atoms with Gasteiger partial charge in [0.15, 0.2) is 0 Å². The highest BCUT2D eigenvalue weighted by molar-refractivity contribution is 5.89. The number of amides is 1. The van der Waals surface area contributed by atoms with Crippen LogP contribution in [0.25, 0.3) is 22.5 Å². The first-order valence-electron chi connectivity index (χ1n) is 9.72. The monoisotopic (exact) mass is 381 g/mol. The summed E-state index contributed by atoms with van der Waals surface area (Å²) in [5.41, 5.74) is 2.85. The standard InChI is InChI=1S/C19H23N7O2/c1-12(17(27)26-10-8-19(6-7-19)9-11-26)20-18-23-22-16(28-18)13-4-3-5-14-15(13)21-24-25(14)2/h3-5,12H,6-11H2,1-2H3,(H,20,23)/t12-/m0/s1. The lowest BCUT2D eigenvalue weighted by atomic mass is 9.93. The molecule has 9 heteroatoms. The molecule has 0 bridgehead atoms. The number of nitrogens with one attached hydrogen (secondary N) is 1. The van der Waals surface area contributed by atoms with Gasteiger partial charge in [0.05, 0.1) is 11.1 Å². The van der Waals surface area contributed by atoms with Crippen molar-refractivity contribution in [2.45, 2.75) is 38.6 Å². The van der Waals surface area contributed by atoms with Gasteiger partial charge >= 0.3 is 6.01 Å². The zero-order chi connectivity index (χ0) is 19.3. The number of aromatic nitrogens is 5. The Hall–Kier alpha value is -2.97. The van der Waals surface area contributed by atoms with Crippen molar-refractivity contribution in [1.82, 2.24) is 30.1 Å². The minimum atomic E-state index is -0.422. The van der Waals surface area contributed by atoms with E-state index < -0.39 is 6.04 Å². The Labute approximate surface area is 162 Å². The maximum atomic E-state index is 12.7. The number of carbonyl (C=O) groups excluding carboxylic acids is 1. The molecule has 1 saturated heterocycles. The highest BCUT2D eigenvalue weighted by atomic mass is 16.4. The number of anilines is 1. The Morgan fingerprint density at radius 1 is 1.18 bits per heavy atom. The largest absolute Gasteiger partial charge is 0.403 e. The third-order valence-electron chi connectivity index (χ3n) is 6.10. The van der Waals surface area contributed by atoms with Crippen LogP contribution in [0.2, 0.25) is 0 Å². The van der Waals surface area contributed by atoms with E-state index in [-0.39, 0.29) is 11.9 Å². The van der Waals surface area contributed by atoms with Crippen molar-refractivity contribution < 1.29 is 9.21 Å². The van der Waals surface area contributed by atoms with Gasteiger partial charge in [-0.25, -0.2) is 4.68 Å². The second-order valence-corrected chi connectivity index (χ2v) is 7.99. The molecule has 1 aliphatic heterocycles. The van der Waals surface area contributed by atoms with E-state index >= 15 is 0 Å². The first-order valence-corrected chi connectivity index (χ1v) is 9.72. The fourth-order valence-corrected chi connectivity index (χ4v) is 4.02. The van der Waals surface area contributed by atoms with Crippen LogP contribution in [0.4, 0.5) is 6.01 Å². The number of nitrogens with zero attached hydrogens (tertiary/aromatic N) is 6. The predicted molar refractivity (Wildman–Crippen MR) is 102 cm³/mol. The van der Waals surface area contributed by atoms with Gasteiger partial charge in [-0.05, 0) is 50.2 Å². The Morgan fingerprint density at radius 2 is 1.96 bits per heavy atom. The molecule has 1 saturated carbocycles. The lowest BCUT2D eigenvalue weighted by Crippen LogP contribution is -2.45. The van der Waals surface area contributed by atoms with Crippen LogP contribution in [-0.2, 0) is 11.8 Å². The smallest absolute Gasteiger partial charge is 0.316 e. The first-order chi connectivity index (χ1) is 13.5. The van der Waals surface area contributed by atoms with Crippen LogP contribution in [-0.4, -0.2) is 55.1 Å². The van der Waals surface area contributed by atoms with E-state index in [1.165, 1.54) is 12.8 Å². The van der Waals surface area contributed by atoms with Gasteiger partial charge in [-0.3, -0.25) is 4.79 Å². The molecule has 146 valence electrons. The zero-order valence-electron chi connectivity index (χ0n) is 16.1. The normalized spacial score (nSPS) is 19.1. The number of piperidine rings is 1. The van der Waals surface area contributed by atoms with E-state index in [1.807, 2.05) is 37.1 Å². The quantitative estimate of drug-likeness (QED) is 0.739. The Balaban J connectivity index is 1.29. The van der Waals surface area contributed by atoms with Crippen molar-refractivity contribution in [1.29, 1.82) is 0 Å². The molecule has 0 radical (unpaired) electrons. The highest BCUT2D eigenvalue weighted by Crippen LogP contribution is 2.53. The summed E-state index contributed by atoms with van der Waals surface area (Å²) in [4.78, 5) is 14.7. The summed E-state index contributed by atoms with van der Waals surface area (Å²) in [5, 5.41) is 19.4. The minimum Gasteiger partial charge on any atom is -0.403 e. The number of aryl methyl sites for hydroxylation is 1. The third kappa shape index (κ3) is 2.90. The molecule has 3 heterocycles. The number of hydrogen-bond acceptors (Lipinski definition) is 7. The van der Waals surface area contributed by atoms with Crippen LogP contribution in [0.1, 0.15) is 32.6 Å². The number of carbonyl (C=O) groups is 1. The molecule has 3 aromatic rings. The second-order valence-electron chi connectivity index (χ2n) is 7.99. The highest BCUT2D eigenvalue weighted by Gasteiger charge is 2.45. The lowest BCUT2D eigenvalue weighted by Gasteiger charge is -2.33.